The smallest absolute Gasteiger partial charge is 0.244 e. The van der Waals surface area contributed by atoms with E-state index in [0.717, 1.165) is 0 Å². The zero-order valence-corrected chi connectivity index (χ0v) is 15.5. The predicted octanol–water partition coefficient (Wildman–Crippen LogP) is 0.738. The molecule has 2 aromatic rings. The van der Waals surface area contributed by atoms with Crippen LogP contribution in [-0.4, -0.2) is 37.3 Å². The molecule has 138 valence electrons. The second kappa shape index (κ2) is 8.19. The molecule has 1 unspecified atom stereocenters. The molecule has 0 aliphatic carbocycles. The molecule has 1 amide bonds. The molecule has 1 aromatic carbocycles. The van der Waals surface area contributed by atoms with Gasteiger partial charge in [-0.25, -0.2) is 8.42 Å². The van der Waals surface area contributed by atoms with Crippen molar-refractivity contribution in [2.45, 2.75) is 17.9 Å². The van der Waals surface area contributed by atoms with Crippen molar-refractivity contribution in [2.75, 3.05) is 18.2 Å². The van der Waals surface area contributed by atoms with E-state index in [4.69, 9.17) is 10.5 Å². The number of benzene rings is 1. The van der Waals surface area contributed by atoms with Gasteiger partial charge in [0, 0.05) is 19.3 Å². The Morgan fingerprint density at radius 3 is 2.64 bits per heavy atom. The summed E-state index contributed by atoms with van der Waals surface area (Å²) in [5, 5.41) is 6.37. The number of carbonyl (C=O) groups excluding carboxylic acids is 1. The largest absolute Gasteiger partial charge is 0.497 e. The lowest BCUT2D eigenvalue weighted by Crippen LogP contribution is -2.41. The van der Waals surface area contributed by atoms with Crippen LogP contribution in [0.4, 0.5) is 11.4 Å². The highest BCUT2D eigenvalue weighted by Gasteiger charge is 2.23. The number of ether oxygens (including phenoxy) is 1. The normalized spacial score (nSPS) is 12.1. The number of methoxy groups -OCH3 is 1. The van der Waals surface area contributed by atoms with Gasteiger partial charge in [-0.15, -0.1) is 12.4 Å². The molecule has 0 fully saturated rings. The third-order valence-electron chi connectivity index (χ3n) is 3.24. The number of amides is 1. The molecular formula is C14H20ClN5O4S. The number of rotatable bonds is 6. The molecule has 4 N–H and O–H groups in total. The molecule has 1 atom stereocenters. The number of nitrogens with two attached hydrogens (primary N) is 1. The van der Waals surface area contributed by atoms with Crippen LogP contribution in [0.25, 0.3) is 0 Å². The van der Waals surface area contributed by atoms with Crippen LogP contribution in [0.15, 0.2) is 35.5 Å². The van der Waals surface area contributed by atoms with Crippen molar-refractivity contribution in [3.05, 3.63) is 30.6 Å². The summed E-state index contributed by atoms with van der Waals surface area (Å²) in [5.41, 5.74) is 6.47. The average Bonchev–Trinajstić information content (AvgIpc) is 2.96. The number of hydrogen-bond donors (Lipinski definition) is 3. The molecule has 0 saturated carbocycles. The first kappa shape index (κ1) is 20.7. The topological polar surface area (TPSA) is 128 Å². The Balaban J connectivity index is 0.00000312. The van der Waals surface area contributed by atoms with Gasteiger partial charge >= 0.3 is 0 Å². The summed E-state index contributed by atoms with van der Waals surface area (Å²) >= 11 is 0. The van der Waals surface area contributed by atoms with Gasteiger partial charge in [0.25, 0.3) is 0 Å². The molecule has 1 aromatic heterocycles. The Labute approximate surface area is 152 Å². The summed E-state index contributed by atoms with van der Waals surface area (Å²) in [7, 11) is -0.763. The van der Waals surface area contributed by atoms with Crippen LogP contribution in [0.2, 0.25) is 0 Å². The van der Waals surface area contributed by atoms with Gasteiger partial charge in [0.15, 0.2) is 0 Å². The molecule has 2 rings (SSSR count). The molecule has 0 aliphatic heterocycles. The third-order valence-corrected chi connectivity index (χ3v) is 4.73. The van der Waals surface area contributed by atoms with E-state index in [2.05, 4.69) is 15.1 Å². The third kappa shape index (κ3) is 5.08. The summed E-state index contributed by atoms with van der Waals surface area (Å²) in [5.74, 6) is -0.0366. The number of nitrogens with one attached hydrogen (secondary N) is 2. The van der Waals surface area contributed by atoms with Crippen molar-refractivity contribution in [3.63, 3.8) is 0 Å². The summed E-state index contributed by atoms with van der Waals surface area (Å²) in [4.78, 5) is 12.2. The molecule has 1 heterocycles. The van der Waals surface area contributed by atoms with Crippen molar-refractivity contribution in [3.8, 4) is 5.75 Å². The number of nitrogens with zero attached hydrogens (tertiary/aromatic N) is 2. The Bertz CT molecular complexity index is 853. The predicted molar refractivity (Wildman–Crippen MR) is 96.3 cm³/mol. The SMILES string of the molecule is COc1ccc(N)c(NC(=O)C(C)NS(=O)(=O)c2cnn(C)c2)c1.Cl. The number of sulfonamides is 1. The van der Waals surface area contributed by atoms with Crippen LogP contribution >= 0.6 is 12.4 Å². The van der Waals surface area contributed by atoms with E-state index in [-0.39, 0.29) is 17.3 Å². The van der Waals surface area contributed by atoms with Crippen LogP contribution in [0.1, 0.15) is 6.92 Å². The molecule has 25 heavy (non-hydrogen) atoms. The Hall–Kier alpha value is -2.30. The van der Waals surface area contributed by atoms with Gasteiger partial charge in [0.2, 0.25) is 15.9 Å². The summed E-state index contributed by atoms with van der Waals surface area (Å²) in [6.07, 6.45) is 2.54. The van der Waals surface area contributed by atoms with E-state index < -0.39 is 22.0 Å². The fraction of sp³-hybridized carbons (Fsp3) is 0.286. The lowest BCUT2D eigenvalue weighted by Gasteiger charge is -2.15. The monoisotopic (exact) mass is 389 g/mol. The molecule has 0 saturated heterocycles. The standard InChI is InChI=1S/C14H19N5O4S.ClH/c1-9(18-24(21,22)11-7-16-19(2)8-11)14(20)17-13-6-10(23-3)4-5-12(13)15;/h4-9,18H,15H2,1-3H3,(H,17,20);1H. The fourth-order valence-electron chi connectivity index (χ4n) is 1.90. The van der Waals surface area contributed by atoms with Crippen molar-refractivity contribution < 1.29 is 17.9 Å². The molecule has 9 nitrogen and oxygen atoms in total. The molecule has 11 heteroatoms. The van der Waals surface area contributed by atoms with Crippen LogP contribution in [-0.2, 0) is 21.9 Å². The van der Waals surface area contributed by atoms with Gasteiger partial charge in [0.1, 0.15) is 10.6 Å². The number of aromatic nitrogens is 2. The van der Waals surface area contributed by atoms with Gasteiger partial charge in [-0.3, -0.25) is 9.48 Å². The highest BCUT2D eigenvalue weighted by molar-refractivity contribution is 7.89. The number of nitrogen functional groups attached to an aromatic ring is 1. The number of hydrogen-bond acceptors (Lipinski definition) is 6. The zero-order chi connectivity index (χ0) is 17.9. The van der Waals surface area contributed by atoms with Crippen molar-refractivity contribution >= 4 is 39.7 Å². The van der Waals surface area contributed by atoms with Crippen molar-refractivity contribution in [1.29, 1.82) is 0 Å². The van der Waals surface area contributed by atoms with E-state index in [1.165, 1.54) is 31.1 Å². The summed E-state index contributed by atoms with van der Waals surface area (Å²) in [6.45, 7) is 1.43. The van der Waals surface area contributed by atoms with Gasteiger partial charge in [0.05, 0.1) is 30.7 Å². The van der Waals surface area contributed by atoms with Crippen LogP contribution in [0.3, 0.4) is 0 Å². The second-order valence-corrected chi connectivity index (χ2v) is 6.85. The fourth-order valence-corrected chi connectivity index (χ4v) is 3.09. The minimum absolute atomic E-state index is 0. The quantitative estimate of drug-likeness (QED) is 0.625. The maximum absolute atomic E-state index is 12.2. The summed E-state index contributed by atoms with van der Waals surface area (Å²) < 4.78 is 33.1. The highest BCUT2D eigenvalue weighted by atomic mass is 35.5. The Morgan fingerprint density at radius 2 is 2.08 bits per heavy atom. The van der Waals surface area contributed by atoms with Crippen LogP contribution < -0.4 is 20.5 Å². The minimum Gasteiger partial charge on any atom is -0.497 e. The number of anilines is 2. The minimum atomic E-state index is -3.85. The number of carbonyl (C=O) groups is 1. The summed E-state index contributed by atoms with van der Waals surface area (Å²) in [6, 6.07) is 3.77. The van der Waals surface area contributed by atoms with Gasteiger partial charge in [-0.2, -0.15) is 9.82 Å². The Morgan fingerprint density at radius 1 is 1.40 bits per heavy atom. The second-order valence-electron chi connectivity index (χ2n) is 5.14. The van der Waals surface area contributed by atoms with Gasteiger partial charge < -0.3 is 15.8 Å². The first-order valence-electron chi connectivity index (χ1n) is 6.98. The number of halogens is 1. The van der Waals surface area contributed by atoms with E-state index in [1.807, 2.05) is 0 Å². The number of aryl methyl sites for hydroxylation is 1. The maximum atomic E-state index is 12.2. The van der Waals surface area contributed by atoms with E-state index in [1.54, 1.807) is 25.2 Å². The van der Waals surface area contributed by atoms with Gasteiger partial charge in [-0.05, 0) is 19.1 Å². The molecular weight excluding hydrogens is 370 g/mol. The van der Waals surface area contributed by atoms with E-state index >= 15 is 0 Å². The highest BCUT2D eigenvalue weighted by Crippen LogP contribution is 2.24. The molecule has 0 aliphatic rings. The van der Waals surface area contributed by atoms with E-state index in [0.29, 0.717) is 17.1 Å². The zero-order valence-electron chi connectivity index (χ0n) is 13.9. The lowest BCUT2D eigenvalue weighted by atomic mass is 10.2. The van der Waals surface area contributed by atoms with E-state index in [9.17, 15) is 13.2 Å². The first-order valence-corrected chi connectivity index (χ1v) is 8.46. The van der Waals surface area contributed by atoms with Crippen molar-refractivity contribution in [2.24, 2.45) is 7.05 Å². The van der Waals surface area contributed by atoms with Crippen LogP contribution in [0, 0.1) is 0 Å². The average molecular weight is 390 g/mol. The Kier molecular flexibility index (Phi) is 6.79. The maximum Gasteiger partial charge on any atom is 0.244 e. The van der Waals surface area contributed by atoms with Gasteiger partial charge in [-0.1, -0.05) is 0 Å². The van der Waals surface area contributed by atoms with Crippen LogP contribution in [0.5, 0.6) is 5.75 Å². The van der Waals surface area contributed by atoms with Crippen molar-refractivity contribution in [1.82, 2.24) is 14.5 Å². The molecule has 0 spiro atoms. The lowest BCUT2D eigenvalue weighted by molar-refractivity contribution is -0.117. The molecule has 0 radical (unpaired) electrons. The first-order chi connectivity index (χ1) is 11.2. The molecule has 0 bridgehead atoms.